The van der Waals surface area contributed by atoms with Gasteiger partial charge >= 0.3 is 6.18 Å². The number of carbonyl (C=O) groups is 1. The third-order valence-corrected chi connectivity index (χ3v) is 5.38. The standard InChI is InChI=1S/C17H21F3N6OS/c1-11-12(2)26(23-15(11)17(18,19)20)10-14(27)25-8-6-24(7-9-25)13-4-5-21-16(22-13)28-3/h4-5H,6-10H2,1-3H3. The Morgan fingerprint density at radius 1 is 1.21 bits per heavy atom. The van der Waals surface area contributed by atoms with Crippen molar-refractivity contribution >= 4 is 23.5 Å². The summed E-state index contributed by atoms with van der Waals surface area (Å²) in [5, 5.41) is 4.29. The zero-order valence-electron chi connectivity index (χ0n) is 15.8. The Balaban J connectivity index is 1.63. The molecule has 0 unspecified atom stereocenters. The van der Waals surface area contributed by atoms with E-state index in [0.29, 0.717) is 37.0 Å². The maximum Gasteiger partial charge on any atom is 0.435 e. The van der Waals surface area contributed by atoms with Crippen molar-refractivity contribution in [1.82, 2.24) is 24.6 Å². The lowest BCUT2D eigenvalue weighted by Crippen LogP contribution is -2.50. The minimum atomic E-state index is -4.53. The summed E-state index contributed by atoms with van der Waals surface area (Å²) in [5.41, 5.74) is -0.528. The molecule has 3 heterocycles. The van der Waals surface area contributed by atoms with E-state index in [0.717, 1.165) is 10.5 Å². The van der Waals surface area contributed by atoms with Gasteiger partial charge in [-0.2, -0.15) is 18.3 Å². The molecule has 152 valence electrons. The summed E-state index contributed by atoms with van der Waals surface area (Å²) < 4.78 is 40.2. The molecule has 1 saturated heterocycles. The third-order valence-electron chi connectivity index (χ3n) is 4.82. The lowest BCUT2D eigenvalue weighted by molar-refractivity contribution is -0.142. The van der Waals surface area contributed by atoms with Crippen molar-refractivity contribution in [2.45, 2.75) is 31.7 Å². The van der Waals surface area contributed by atoms with Crippen LogP contribution in [-0.4, -0.2) is 63.0 Å². The largest absolute Gasteiger partial charge is 0.435 e. The average Bonchev–Trinajstić information content (AvgIpc) is 2.97. The maximum absolute atomic E-state index is 13.0. The van der Waals surface area contributed by atoms with Crippen LogP contribution < -0.4 is 4.90 Å². The molecule has 28 heavy (non-hydrogen) atoms. The van der Waals surface area contributed by atoms with E-state index in [4.69, 9.17) is 0 Å². The first-order chi connectivity index (χ1) is 13.2. The van der Waals surface area contributed by atoms with Crippen molar-refractivity contribution < 1.29 is 18.0 Å². The van der Waals surface area contributed by atoms with Gasteiger partial charge in [-0.3, -0.25) is 9.48 Å². The van der Waals surface area contributed by atoms with E-state index in [-0.39, 0.29) is 18.0 Å². The molecule has 1 amide bonds. The van der Waals surface area contributed by atoms with Crippen LogP contribution >= 0.6 is 11.8 Å². The number of hydrogen-bond acceptors (Lipinski definition) is 6. The number of alkyl halides is 3. The number of amides is 1. The van der Waals surface area contributed by atoms with Crippen molar-refractivity contribution in [3.63, 3.8) is 0 Å². The van der Waals surface area contributed by atoms with Crippen molar-refractivity contribution in [3.05, 3.63) is 29.2 Å². The normalized spacial score (nSPS) is 15.2. The SMILES string of the molecule is CSc1nccc(N2CCN(C(=O)Cn3nc(C(F)(F)F)c(C)c3C)CC2)n1. The van der Waals surface area contributed by atoms with Gasteiger partial charge in [0.1, 0.15) is 12.4 Å². The second-order valence-corrected chi connectivity index (χ2v) is 7.26. The summed E-state index contributed by atoms with van der Waals surface area (Å²) in [6.45, 7) is 4.86. The molecular weight excluding hydrogens is 393 g/mol. The highest BCUT2D eigenvalue weighted by Crippen LogP contribution is 2.31. The fraction of sp³-hybridized carbons (Fsp3) is 0.529. The highest BCUT2D eigenvalue weighted by atomic mass is 32.2. The van der Waals surface area contributed by atoms with E-state index >= 15 is 0 Å². The number of halogens is 3. The monoisotopic (exact) mass is 414 g/mol. The van der Waals surface area contributed by atoms with E-state index < -0.39 is 11.9 Å². The fourth-order valence-electron chi connectivity index (χ4n) is 3.08. The Morgan fingerprint density at radius 2 is 1.89 bits per heavy atom. The van der Waals surface area contributed by atoms with Crippen LogP contribution in [0.2, 0.25) is 0 Å². The minimum Gasteiger partial charge on any atom is -0.353 e. The molecule has 11 heteroatoms. The van der Waals surface area contributed by atoms with Gasteiger partial charge in [0, 0.05) is 43.6 Å². The molecule has 0 aliphatic carbocycles. The summed E-state index contributed by atoms with van der Waals surface area (Å²) >= 11 is 1.46. The zero-order chi connectivity index (χ0) is 20.5. The molecule has 0 radical (unpaired) electrons. The van der Waals surface area contributed by atoms with E-state index in [1.807, 2.05) is 12.3 Å². The summed E-state index contributed by atoms with van der Waals surface area (Å²) in [6, 6.07) is 1.83. The smallest absolute Gasteiger partial charge is 0.353 e. The van der Waals surface area contributed by atoms with E-state index in [9.17, 15) is 18.0 Å². The number of nitrogens with zero attached hydrogens (tertiary/aromatic N) is 6. The van der Waals surface area contributed by atoms with Gasteiger partial charge in [-0.05, 0) is 26.2 Å². The Kier molecular flexibility index (Phi) is 5.82. The molecule has 0 aromatic carbocycles. The molecule has 0 atom stereocenters. The third kappa shape index (κ3) is 4.23. The van der Waals surface area contributed by atoms with Crippen molar-refractivity contribution in [2.24, 2.45) is 0 Å². The maximum atomic E-state index is 13.0. The Labute approximate surface area is 164 Å². The molecule has 0 saturated carbocycles. The van der Waals surface area contributed by atoms with Crippen LogP contribution in [-0.2, 0) is 17.5 Å². The minimum absolute atomic E-state index is 0.0541. The number of hydrogen-bond donors (Lipinski definition) is 0. The zero-order valence-corrected chi connectivity index (χ0v) is 16.6. The fourth-order valence-corrected chi connectivity index (χ4v) is 3.43. The van der Waals surface area contributed by atoms with Gasteiger partial charge in [0.2, 0.25) is 5.91 Å². The molecule has 2 aromatic heterocycles. The summed E-state index contributed by atoms with van der Waals surface area (Å²) in [4.78, 5) is 24.9. The highest BCUT2D eigenvalue weighted by molar-refractivity contribution is 7.98. The summed E-state index contributed by atoms with van der Waals surface area (Å²) in [5.74, 6) is 0.561. The molecular formula is C17H21F3N6OS. The topological polar surface area (TPSA) is 67.2 Å². The van der Waals surface area contributed by atoms with E-state index in [1.54, 1.807) is 18.0 Å². The Bertz CT molecular complexity index is 861. The highest BCUT2D eigenvalue weighted by Gasteiger charge is 2.37. The first-order valence-corrected chi connectivity index (χ1v) is 9.94. The van der Waals surface area contributed by atoms with E-state index in [2.05, 4.69) is 20.0 Å². The second kappa shape index (κ2) is 7.98. The van der Waals surface area contributed by atoms with Gasteiger partial charge in [0.15, 0.2) is 10.9 Å². The van der Waals surface area contributed by atoms with Crippen LogP contribution in [0.15, 0.2) is 17.4 Å². The molecule has 3 rings (SSSR count). The van der Waals surface area contributed by atoms with Gasteiger partial charge in [-0.15, -0.1) is 0 Å². The van der Waals surface area contributed by atoms with Crippen LogP contribution in [0.3, 0.4) is 0 Å². The van der Waals surface area contributed by atoms with Crippen LogP contribution in [0.1, 0.15) is 17.0 Å². The van der Waals surface area contributed by atoms with Gasteiger partial charge in [-0.25, -0.2) is 9.97 Å². The summed E-state index contributed by atoms with van der Waals surface area (Å²) in [6.07, 6.45) is -0.923. The average molecular weight is 414 g/mol. The molecule has 1 fully saturated rings. The number of thioether (sulfide) groups is 1. The van der Waals surface area contributed by atoms with Gasteiger partial charge in [0.25, 0.3) is 0 Å². The number of anilines is 1. The number of piperazine rings is 1. The molecule has 0 spiro atoms. The lowest BCUT2D eigenvalue weighted by Gasteiger charge is -2.35. The van der Waals surface area contributed by atoms with Crippen LogP contribution in [0.4, 0.5) is 19.0 Å². The van der Waals surface area contributed by atoms with Crippen LogP contribution in [0.5, 0.6) is 0 Å². The number of carbonyl (C=O) groups excluding carboxylic acids is 1. The Hall–Kier alpha value is -2.30. The molecule has 7 nitrogen and oxygen atoms in total. The molecule has 0 bridgehead atoms. The van der Waals surface area contributed by atoms with Crippen LogP contribution in [0, 0.1) is 13.8 Å². The van der Waals surface area contributed by atoms with Crippen LogP contribution in [0.25, 0.3) is 0 Å². The van der Waals surface area contributed by atoms with Gasteiger partial charge in [0.05, 0.1) is 0 Å². The molecule has 1 aliphatic heterocycles. The van der Waals surface area contributed by atoms with Gasteiger partial charge < -0.3 is 9.80 Å². The molecule has 2 aromatic rings. The van der Waals surface area contributed by atoms with Crippen molar-refractivity contribution in [2.75, 3.05) is 37.3 Å². The van der Waals surface area contributed by atoms with Crippen molar-refractivity contribution in [3.8, 4) is 0 Å². The summed E-state index contributed by atoms with van der Waals surface area (Å²) in [7, 11) is 0. The second-order valence-electron chi connectivity index (χ2n) is 6.48. The number of aromatic nitrogens is 4. The van der Waals surface area contributed by atoms with Gasteiger partial charge in [-0.1, -0.05) is 11.8 Å². The molecule has 1 aliphatic rings. The first kappa shape index (κ1) is 20.4. The predicted octanol–water partition coefficient (Wildman–Crippen LogP) is 2.38. The predicted molar refractivity (Wildman–Crippen MR) is 99.3 cm³/mol. The van der Waals surface area contributed by atoms with Crippen molar-refractivity contribution in [1.29, 1.82) is 0 Å². The number of rotatable bonds is 4. The van der Waals surface area contributed by atoms with E-state index in [1.165, 1.54) is 18.7 Å². The lowest BCUT2D eigenvalue weighted by atomic mass is 10.2. The quantitative estimate of drug-likeness (QED) is 0.565. The first-order valence-electron chi connectivity index (χ1n) is 8.71. The molecule has 0 N–H and O–H groups in total. The Morgan fingerprint density at radius 3 is 2.46 bits per heavy atom.